The van der Waals surface area contributed by atoms with Crippen LogP contribution in [-0.4, -0.2) is 46.6 Å². The quantitative estimate of drug-likeness (QED) is 0.378. The molecule has 3 rings (SSSR count). The van der Waals surface area contributed by atoms with E-state index in [1.54, 1.807) is 40.2 Å². The van der Waals surface area contributed by atoms with E-state index in [0.29, 0.717) is 29.6 Å². The second-order valence-corrected chi connectivity index (χ2v) is 9.01. The second-order valence-electron chi connectivity index (χ2n) is 7.88. The standard InChI is InChI=1S/C26H34O6S/c1-7-11-33-23-15-17(14-22(30-5)26(23)32-8-2)19-10-9-18(24(19)27)16-12-20(28-3)25(31-6)21(13-16)29-4/h12-15,18-19H,7-11H2,1-6H3/t18-,19-/m0/s1. The van der Waals surface area contributed by atoms with Crippen molar-refractivity contribution in [2.45, 2.75) is 49.8 Å². The van der Waals surface area contributed by atoms with Crippen LogP contribution in [-0.2, 0) is 4.79 Å². The van der Waals surface area contributed by atoms with Gasteiger partial charge in [0.1, 0.15) is 5.78 Å². The number of benzene rings is 2. The van der Waals surface area contributed by atoms with E-state index in [4.69, 9.17) is 23.7 Å². The molecular formula is C26H34O6S. The summed E-state index contributed by atoms with van der Waals surface area (Å²) in [5.74, 6) is 3.83. The summed E-state index contributed by atoms with van der Waals surface area (Å²) in [6, 6.07) is 7.83. The molecule has 2 aromatic carbocycles. The highest BCUT2D eigenvalue weighted by molar-refractivity contribution is 7.99. The molecule has 0 saturated heterocycles. The van der Waals surface area contributed by atoms with Gasteiger partial charge in [-0.05, 0) is 67.3 Å². The molecule has 2 atom stereocenters. The van der Waals surface area contributed by atoms with Gasteiger partial charge in [-0.3, -0.25) is 4.79 Å². The first-order chi connectivity index (χ1) is 16.0. The molecule has 0 heterocycles. The van der Waals surface area contributed by atoms with Gasteiger partial charge in [0.2, 0.25) is 5.75 Å². The van der Waals surface area contributed by atoms with E-state index in [1.807, 2.05) is 25.1 Å². The van der Waals surface area contributed by atoms with Crippen molar-refractivity contribution in [2.75, 3.05) is 40.8 Å². The molecule has 1 fully saturated rings. The fourth-order valence-corrected chi connectivity index (χ4v) is 5.31. The summed E-state index contributed by atoms with van der Waals surface area (Å²) < 4.78 is 28.0. The van der Waals surface area contributed by atoms with Crippen molar-refractivity contribution < 1.29 is 28.5 Å². The number of thioether (sulfide) groups is 1. The van der Waals surface area contributed by atoms with Crippen LogP contribution in [0, 0.1) is 0 Å². The van der Waals surface area contributed by atoms with E-state index in [-0.39, 0.29) is 17.6 Å². The number of ether oxygens (including phenoxy) is 5. The third-order valence-electron chi connectivity index (χ3n) is 5.94. The molecule has 1 saturated carbocycles. The van der Waals surface area contributed by atoms with Crippen molar-refractivity contribution in [3.63, 3.8) is 0 Å². The minimum absolute atomic E-state index is 0.195. The van der Waals surface area contributed by atoms with Crippen molar-refractivity contribution in [3.8, 4) is 28.7 Å². The Bertz CT molecular complexity index is 948. The fraction of sp³-hybridized carbons (Fsp3) is 0.500. The van der Waals surface area contributed by atoms with Crippen molar-refractivity contribution in [2.24, 2.45) is 0 Å². The normalized spacial score (nSPS) is 17.7. The van der Waals surface area contributed by atoms with Crippen LogP contribution in [0.15, 0.2) is 29.2 Å². The molecule has 0 aliphatic heterocycles. The maximum absolute atomic E-state index is 13.6. The zero-order valence-electron chi connectivity index (χ0n) is 20.4. The molecule has 0 spiro atoms. The first-order valence-electron chi connectivity index (χ1n) is 11.3. The zero-order valence-corrected chi connectivity index (χ0v) is 21.2. The number of hydrogen-bond donors (Lipinski definition) is 0. The summed E-state index contributed by atoms with van der Waals surface area (Å²) in [5.41, 5.74) is 1.87. The summed E-state index contributed by atoms with van der Waals surface area (Å²) in [7, 11) is 6.39. The zero-order chi connectivity index (χ0) is 24.0. The van der Waals surface area contributed by atoms with Gasteiger partial charge in [0, 0.05) is 11.8 Å². The minimum Gasteiger partial charge on any atom is -0.493 e. The number of hydrogen-bond acceptors (Lipinski definition) is 7. The Kier molecular flexibility index (Phi) is 8.78. The Labute approximate surface area is 200 Å². The van der Waals surface area contributed by atoms with E-state index < -0.39 is 0 Å². The maximum Gasteiger partial charge on any atom is 0.203 e. The van der Waals surface area contributed by atoms with Crippen LogP contribution >= 0.6 is 11.8 Å². The van der Waals surface area contributed by atoms with Crippen molar-refractivity contribution >= 4 is 17.5 Å². The van der Waals surface area contributed by atoms with E-state index in [9.17, 15) is 4.79 Å². The summed E-state index contributed by atoms with van der Waals surface area (Å²) in [4.78, 5) is 14.6. The van der Waals surface area contributed by atoms with E-state index in [0.717, 1.165) is 46.8 Å². The van der Waals surface area contributed by atoms with Crippen LogP contribution in [0.2, 0.25) is 0 Å². The SMILES string of the molecule is CCCSc1cc([C@@H]2CC[C@@H](c3cc(OC)c(OC)c(OC)c3)C2=O)cc(OC)c1OCC. The van der Waals surface area contributed by atoms with E-state index in [1.165, 1.54) is 0 Å². The van der Waals surface area contributed by atoms with Gasteiger partial charge in [0.05, 0.1) is 39.9 Å². The number of carbonyl (C=O) groups excluding carboxylic acids is 1. The summed E-state index contributed by atoms with van der Waals surface area (Å²) in [6.07, 6.45) is 2.58. The molecule has 7 heteroatoms. The molecule has 0 amide bonds. The van der Waals surface area contributed by atoms with Crippen LogP contribution in [0.4, 0.5) is 0 Å². The second kappa shape index (κ2) is 11.5. The van der Waals surface area contributed by atoms with Crippen LogP contribution in [0.3, 0.4) is 0 Å². The van der Waals surface area contributed by atoms with Crippen LogP contribution in [0.1, 0.15) is 56.1 Å². The molecule has 0 aromatic heterocycles. The van der Waals surface area contributed by atoms with Crippen molar-refractivity contribution in [1.29, 1.82) is 0 Å². The van der Waals surface area contributed by atoms with Crippen molar-refractivity contribution in [1.82, 2.24) is 0 Å². The van der Waals surface area contributed by atoms with E-state index in [2.05, 4.69) is 13.0 Å². The smallest absolute Gasteiger partial charge is 0.203 e. The first kappa shape index (κ1) is 25.1. The molecule has 6 nitrogen and oxygen atoms in total. The lowest BCUT2D eigenvalue weighted by molar-refractivity contribution is -0.119. The number of Topliss-reactive ketones (excluding diaryl/α,β-unsaturated/α-hetero) is 1. The molecule has 0 bridgehead atoms. The molecular weight excluding hydrogens is 440 g/mol. The number of methoxy groups -OCH3 is 4. The van der Waals surface area contributed by atoms with Crippen LogP contribution < -0.4 is 23.7 Å². The van der Waals surface area contributed by atoms with Crippen molar-refractivity contribution in [3.05, 3.63) is 35.4 Å². The predicted molar refractivity (Wildman–Crippen MR) is 131 cm³/mol. The Morgan fingerprint density at radius 3 is 1.76 bits per heavy atom. The highest BCUT2D eigenvalue weighted by atomic mass is 32.2. The summed E-state index contributed by atoms with van der Waals surface area (Å²) >= 11 is 1.74. The lowest BCUT2D eigenvalue weighted by Gasteiger charge is -2.19. The number of carbonyl (C=O) groups is 1. The highest BCUT2D eigenvalue weighted by Crippen LogP contribution is 2.48. The van der Waals surface area contributed by atoms with Gasteiger partial charge in [-0.25, -0.2) is 0 Å². The Morgan fingerprint density at radius 2 is 1.30 bits per heavy atom. The number of ketones is 1. The lowest BCUT2D eigenvalue weighted by Crippen LogP contribution is -2.12. The Hall–Kier alpha value is -2.54. The average molecular weight is 475 g/mol. The van der Waals surface area contributed by atoms with Crippen LogP contribution in [0.5, 0.6) is 28.7 Å². The predicted octanol–water partition coefficient (Wildman–Crippen LogP) is 5.85. The summed E-state index contributed by atoms with van der Waals surface area (Å²) in [6.45, 7) is 4.67. The summed E-state index contributed by atoms with van der Waals surface area (Å²) in [5, 5.41) is 0. The van der Waals surface area contributed by atoms with E-state index >= 15 is 0 Å². The lowest BCUT2D eigenvalue weighted by atomic mass is 9.91. The van der Waals surface area contributed by atoms with Gasteiger partial charge in [0.25, 0.3) is 0 Å². The molecule has 2 aromatic rings. The monoisotopic (exact) mass is 474 g/mol. The highest BCUT2D eigenvalue weighted by Gasteiger charge is 2.37. The first-order valence-corrected chi connectivity index (χ1v) is 12.3. The maximum atomic E-state index is 13.6. The molecule has 1 aliphatic carbocycles. The molecule has 33 heavy (non-hydrogen) atoms. The van der Waals surface area contributed by atoms with Gasteiger partial charge in [-0.15, -0.1) is 11.8 Å². The van der Waals surface area contributed by atoms with Gasteiger partial charge in [-0.2, -0.15) is 0 Å². The van der Waals surface area contributed by atoms with Crippen LogP contribution in [0.25, 0.3) is 0 Å². The molecule has 0 unspecified atom stereocenters. The molecule has 0 radical (unpaired) electrons. The average Bonchev–Trinajstić information content (AvgIpc) is 3.23. The third-order valence-corrected chi connectivity index (χ3v) is 7.16. The Balaban J connectivity index is 1.97. The number of rotatable bonds is 11. The van der Waals surface area contributed by atoms with Gasteiger partial charge in [0.15, 0.2) is 23.0 Å². The molecule has 1 aliphatic rings. The molecule has 0 N–H and O–H groups in total. The minimum atomic E-state index is -0.229. The van der Waals surface area contributed by atoms with Gasteiger partial charge in [-0.1, -0.05) is 6.92 Å². The third kappa shape index (κ3) is 5.18. The Morgan fingerprint density at radius 1 is 0.788 bits per heavy atom. The van der Waals surface area contributed by atoms with Gasteiger partial charge < -0.3 is 23.7 Å². The van der Waals surface area contributed by atoms with Gasteiger partial charge >= 0.3 is 0 Å². The molecule has 180 valence electrons. The topological polar surface area (TPSA) is 63.2 Å². The fourth-order valence-electron chi connectivity index (χ4n) is 4.38. The largest absolute Gasteiger partial charge is 0.493 e.